The number of hydrogen-bond acceptors (Lipinski definition) is 5. The van der Waals surface area contributed by atoms with Crippen LogP contribution in [-0.4, -0.2) is 44.9 Å². The second-order valence-corrected chi connectivity index (χ2v) is 9.13. The average molecular weight is 418 g/mol. The Kier molecular flexibility index (Phi) is 6.44. The molecule has 0 radical (unpaired) electrons. The van der Waals surface area contributed by atoms with Gasteiger partial charge >= 0.3 is 0 Å². The lowest BCUT2D eigenvalue weighted by atomic mass is 10.2. The van der Waals surface area contributed by atoms with Crippen LogP contribution >= 0.6 is 0 Å². The summed E-state index contributed by atoms with van der Waals surface area (Å²) in [4.78, 5) is 12.8. The molecule has 2 aromatic rings. The largest absolute Gasteiger partial charge is 0.495 e. The molecule has 29 heavy (non-hydrogen) atoms. The van der Waals surface area contributed by atoms with Crippen molar-refractivity contribution in [1.82, 2.24) is 4.31 Å². The molecule has 156 valence electrons. The highest BCUT2D eigenvalue weighted by Crippen LogP contribution is 2.26. The highest BCUT2D eigenvalue weighted by Gasteiger charge is 2.27. The minimum atomic E-state index is -3.46. The number of sulfonamides is 1. The molecule has 3 rings (SSSR count). The molecule has 0 saturated carbocycles. The van der Waals surface area contributed by atoms with E-state index in [1.807, 2.05) is 25.1 Å². The first kappa shape index (κ1) is 21.1. The third kappa shape index (κ3) is 4.89. The van der Waals surface area contributed by atoms with Gasteiger partial charge in [-0.1, -0.05) is 6.07 Å². The molecule has 0 unspecified atom stereocenters. The molecule has 2 N–H and O–H groups in total. The van der Waals surface area contributed by atoms with Gasteiger partial charge in [0.05, 0.1) is 17.7 Å². The number of benzene rings is 2. The third-order valence-corrected chi connectivity index (χ3v) is 6.86. The topological polar surface area (TPSA) is 87.7 Å². The molecule has 0 spiro atoms. The quantitative estimate of drug-likeness (QED) is 0.722. The van der Waals surface area contributed by atoms with E-state index in [1.54, 1.807) is 26.2 Å². The van der Waals surface area contributed by atoms with Crippen molar-refractivity contribution in [3.05, 3.63) is 48.0 Å². The Morgan fingerprint density at radius 2 is 1.76 bits per heavy atom. The van der Waals surface area contributed by atoms with Crippen molar-refractivity contribution in [2.45, 2.75) is 37.6 Å². The van der Waals surface area contributed by atoms with Gasteiger partial charge in [0.2, 0.25) is 15.9 Å². The van der Waals surface area contributed by atoms with E-state index in [1.165, 1.54) is 16.4 Å². The van der Waals surface area contributed by atoms with Crippen LogP contribution in [0.15, 0.2) is 47.4 Å². The Morgan fingerprint density at radius 1 is 1.10 bits per heavy atom. The van der Waals surface area contributed by atoms with E-state index in [0.29, 0.717) is 24.5 Å². The number of aryl methyl sites for hydroxylation is 1. The van der Waals surface area contributed by atoms with Crippen molar-refractivity contribution in [2.75, 3.05) is 30.8 Å². The summed E-state index contributed by atoms with van der Waals surface area (Å²) >= 11 is 0. The summed E-state index contributed by atoms with van der Waals surface area (Å²) in [5.74, 6) is 0.426. The van der Waals surface area contributed by atoms with Gasteiger partial charge in [-0.05, 0) is 68.7 Å². The van der Waals surface area contributed by atoms with E-state index in [-0.39, 0.29) is 10.8 Å². The summed E-state index contributed by atoms with van der Waals surface area (Å²) in [5, 5.41) is 5.97. The SMILES string of the molecule is COc1ccc(C)cc1N[C@H](C)C(=O)Nc1ccc(S(=O)(=O)N2CCCC2)cc1. The standard InChI is InChI=1S/C21H27N3O4S/c1-15-6-11-20(28-3)19(14-15)22-16(2)21(25)23-17-7-9-18(10-8-17)29(26,27)24-12-4-5-13-24/h6-11,14,16,22H,4-5,12-13H2,1-3H3,(H,23,25)/t16-/m1/s1. The van der Waals surface area contributed by atoms with Gasteiger partial charge in [0.25, 0.3) is 0 Å². The molecule has 0 aliphatic carbocycles. The van der Waals surface area contributed by atoms with Crippen LogP contribution in [0.2, 0.25) is 0 Å². The minimum absolute atomic E-state index is 0.233. The molecule has 1 aliphatic rings. The van der Waals surface area contributed by atoms with E-state index >= 15 is 0 Å². The number of anilines is 2. The number of amides is 1. The lowest BCUT2D eigenvalue weighted by Crippen LogP contribution is -2.32. The fraction of sp³-hybridized carbons (Fsp3) is 0.381. The van der Waals surface area contributed by atoms with E-state index < -0.39 is 16.1 Å². The van der Waals surface area contributed by atoms with Gasteiger partial charge in [-0.2, -0.15) is 4.31 Å². The number of methoxy groups -OCH3 is 1. The molecular weight excluding hydrogens is 390 g/mol. The normalized spacial score (nSPS) is 15.7. The monoisotopic (exact) mass is 417 g/mol. The first-order valence-corrected chi connectivity index (χ1v) is 11.1. The number of nitrogens with zero attached hydrogens (tertiary/aromatic N) is 1. The molecule has 0 bridgehead atoms. The zero-order valence-electron chi connectivity index (χ0n) is 16.9. The fourth-order valence-electron chi connectivity index (χ4n) is 3.27. The van der Waals surface area contributed by atoms with Gasteiger partial charge in [-0.25, -0.2) is 8.42 Å². The Bertz CT molecular complexity index is 968. The maximum atomic E-state index is 12.6. The van der Waals surface area contributed by atoms with Crippen molar-refractivity contribution in [1.29, 1.82) is 0 Å². The Labute approximate surface area is 172 Å². The van der Waals surface area contributed by atoms with Crippen LogP contribution in [0.3, 0.4) is 0 Å². The highest BCUT2D eigenvalue weighted by atomic mass is 32.2. The van der Waals surface area contributed by atoms with Gasteiger partial charge < -0.3 is 15.4 Å². The number of rotatable bonds is 7. The maximum Gasteiger partial charge on any atom is 0.246 e. The summed E-state index contributed by atoms with van der Waals surface area (Å²) in [7, 11) is -1.88. The molecular formula is C21H27N3O4S. The molecule has 2 aromatic carbocycles. The van der Waals surface area contributed by atoms with Crippen molar-refractivity contribution < 1.29 is 17.9 Å². The zero-order valence-corrected chi connectivity index (χ0v) is 17.8. The predicted molar refractivity (Wildman–Crippen MR) is 114 cm³/mol. The second kappa shape index (κ2) is 8.84. The molecule has 8 heteroatoms. The Balaban J connectivity index is 1.65. The second-order valence-electron chi connectivity index (χ2n) is 7.19. The predicted octanol–water partition coefficient (Wildman–Crippen LogP) is 3.23. The van der Waals surface area contributed by atoms with Gasteiger partial charge in [-0.3, -0.25) is 4.79 Å². The summed E-state index contributed by atoms with van der Waals surface area (Å²) in [6.45, 7) is 4.84. The van der Waals surface area contributed by atoms with E-state index in [0.717, 1.165) is 24.1 Å². The Morgan fingerprint density at radius 3 is 2.38 bits per heavy atom. The zero-order chi connectivity index (χ0) is 21.0. The van der Waals surface area contributed by atoms with Gasteiger partial charge in [-0.15, -0.1) is 0 Å². The highest BCUT2D eigenvalue weighted by molar-refractivity contribution is 7.89. The first-order valence-electron chi connectivity index (χ1n) is 9.63. The van der Waals surface area contributed by atoms with Crippen LogP contribution in [0.5, 0.6) is 5.75 Å². The smallest absolute Gasteiger partial charge is 0.246 e. The molecule has 1 aliphatic heterocycles. The van der Waals surface area contributed by atoms with Crippen LogP contribution in [0, 0.1) is 6.92 Å². The minimum Gasteiger partial charge on any atom is -0.495 e. The summed E-state index contributed by atoms with van der Waals surface area (Å²) in [6, 6.07) is 11.5. The van der Waals surface area contributed by atoms with Crippen LogP contribution in [0.1, 0.15) is 25.3 Å². The molecule has 1 atom stereocenters. The molecule has 0 aromatic heterocycles. The van der Waals surface area contributed by atoms with Crippen LogP contribution in [0.4, 0.5) is 11.4 Å². The van der Waals surface area contributed by atoms with Crippen molar-refractivity contribution in [2.24, 2.45) is 0 Å². The Hall–Kier alpha value is -2.58. The lowest BCUT2D eigenvalue weighted by molar-refractivity contribution is -0.116. The van der Waals surface area contributed by atoms with E-state index in [2.05, 4.69) is 10.6 Å². The summed E-state index contributed by atoms with van der Waals surface area (Å²) in [5.41, 5.74) is 2.33. The average Bonchev–Trinajstić information content (AvgIpc) is 3.24. The van der Waals surface area contributed by atoms with Crippen LogP contribution in [-0.2, 0) is 14.8 Å². The number of nitrogens with one attached hydrogen (secondary N) is 2. The summed E-state index contributed by atoms with van der Waals surface area (Å²) in [6.07, 6.45) is 1.79. The maximum absolute atomic E-state index is 12.6. The summed E-state index contributed by atoms with van der Waals surface area (Å²) < 4.78 is 32.0. The molecule has 1 saturated heterocycles. The van der Waals surface area contributed by atoms with Crippen LogP contribution in [0.25, 0.3) is 0 Å². The lowest BCUT2D eigenvalue weighted by Gasteiger charge is -2.18. The third-order valence-electron chi connectivity index (χ3n) is 4.94. The van der Waals surface area contributed by atoms with E-state index in [9.17, 15) is 13.2 Å². The van der Waals surface area contributed by atoms with Crippen LogP contribution < -0.4 is 15.4 Å². The number of carbonyl (C=O) groups is 1. The van der Waals surface area contributed by atoms with Gasteiger partial charge in [0, 0.05) is 18.8 Å². The van der Waals surface area contributed by atoms with E-state index in [4.69, 9.17) is 4.74 Å². The van der Waals surface area contributed by atoms with Gasteiger partial charge in [0.1, 0.15) is 11.8 Å². The molecule has 1 amide bonds. The molecule has 7 nitrogen and oxygen atoms in total. The van der Waals surface area contributed by atoms with Crippen molar-refractivity contribution in [3.8, 4) is 5.75 Å². The van der Waals surface area contributed by atoms with Crippen molar-refractivity contribution >= 4 is 27.3 Å². The molecule has 1 fully saturated rings. The number of ether oxygens (including phenoxy) is 1. The molecule has 1 heterocycles. The van der Waals surface area contributed by atoms with Crippen molar-refractivity contribution in [3.63, 3.8) is 0 Å². The fourth-order valence-corrected chi connectivity index (χ4v) is 4.79. The first-order chi connectivity index (χ1) is 13.8. The number of carbonyl (C=O) groups excluding carboxylic acids is 1. The number of hydrogen-bond donors (Lipinski definition) is 2. The van der Waals surface area contributed by atoms with Gasteiger partial charge in [0.15, 0.2) is 0 Å².